The molecular formula is C14H14FN3O2. The Balaban J connectivity index is 2.15. The van der Waals surface area contributed by atoms with E-state index in [4.69, 9.17) is 14.6 Å². The molecule has 0 amide bonds. The smallest absolute Gasteiger partial charge is 0.224 e. The van der Waals surface area contributed by atoms with Gasteiger partial charge in [0.25, 0.3) is 0 Å². The van der Waals surface area contributed by atoms with Crippen LogP contribution in [-0.4, -0.2) is 23.3 Å². The van der Waals surface area contributed by atoms with E-state index in [2.05, 4.69) is 5.10 Å². The summed E-state index contributed by atoms with van der Waals surface area (Å²) >= 11 is 0. The van der Waals surface area contributed by atoms with Crippen LogP contribution in [0.1, 0.15) is 12.1 Å². The lowest BCUT2D eigenvalue weighted by Gasteiger charge is -2.00. The molecule has 0 spiro atoms. The molecule has 6 heteroatoms. The van der Waals surface area contributed by atoms with Crippen molar-refractivity contribution in [3.63, 3.8) is 0 Å². The van der Waals surface area contributed by atoms with Crippen LogP contribution in [0.25, 0.3) is 16.6 Å². The van der Waals surface area contributed by atoms with Gasteiger partial charge in [-0.25, -0.2) is 4.39 Å². The lowest BCUT2D eigenvalue weighted by molar-refractivity contribution is 0.195. The molecule has 3 aromatic rings. The van der Waals surface area contributed by atoms with Gasteiger partial charge in [0.15, 0.2) is 0 Å². The highest BCUT2D eigenvalue weighted by Gasteiger charge is 2.10. The maximum atomic E-state index is 13.4. The van der Waals surface area contributed by atoms with Gasteiger partial charge < -0.3 is 9.15 Å². The van der Waals surface area contributed by atoms with Crippen LogP contribution in [0, 0.1) is 11.2 Å². The van der Waals surface area contributed by atoms with E-state index in [9.17, 15) is 4.39 Å². The van der Waals surface area contributed by atoms with E-state index in [0.717, 1.165) is 18.5 Å². The Morgan fingerprint density at radius 1 is 1.40 bits per heavy atom. The second kappa shape index (κ2) is 5.05. The van der Waals surface area contributed by atoms with Crippen molar-refractivity contribution in [3.05, 3.63) is 41.3 Å². The minimum Gasteiger partial charge on any atom is -0.420 e. The number of aromatic nitrogens is 2. The van der Waals surface area contributed by atoms with Crippen LogP contribution in [0.2, 0.25) is 0 Å². The molecule has 0 radical (unpaired) electrons. The molecule has 20 heavy (non-hydrogen) atoms. The number of nitrogens with one attached hydrogen (secondary N) is 1. The number of halogens is 1. The largest absolute Gasteiger partial charge is 0.420 e. The van der Waals surface area contributed by atoms with E-state index >= 15 is 0 Å². The first-order valence-electron chi connectivity index (χ1n) is 6.33. The Bertz CT molecular complexity index is 822. The molecular weight excluding hydrogens is 261 g/mol. The lowest BCUT2D eigenvalue weighted by atomic mass is 10.2. The maximum Gasteiger partial charge on any atom is 0.224 e. The molecule has 0 fully saturated rings. The summed E-state index contributed by atoms with van der Waals surface area (Å²) < 4.78 is 25.4. The van der Waals surface area contributed by atoms with Crippen LogP contribution in [-0.2, 0) is 11.2 Å². The molecule has 0 unspecified atom stereocenters. The Morgan fingerprint density at radius 2 is 2.25 bits per heavy atom. The Hall–Kier alpha value is -2.21. The van der Waals surface area contributed by atoms with Crippen LogP contribution >= 0.6 is 0 Å². The minimum absolute atomic E-state index is 0.0100. The van der Waals surface area contributed by atoms with E-state index in [1.807, 2.05) is 0 Å². The topological polar surface area (TPSA) is 63.5 Å². The molecule has 0 aliphatic heterocycles. The van der Waals surface area contributed by atoms with Crippen LogP contribution in [0.5, 0.6) is 0 Å². The van der Waals surface area contributed by atoms with E-state index in [1.54, 1.807) is 17.7 Å². The Labute approximate surface area is 114 Å². The summed E-state index contributed by atoms with van der Waals surface area (Å²) in [5, 5.41) is 12.8. The summed E-state index contributed by atoms with van der Waals surface area (Å²) in [7, 11) is 1.65. The van der Waals surface area contributed by atoms with Gasteiger partial charge in [0.05, 0.1) is 16.6 Å². The third-order valence-corrected chi connectivity index (χ3v) is 3.15. The fourth-order valence-corrected chi connectivity index (χ4v) is 2.21. The Kier molecular flexibility index (Phi) is 3.23. The SMILES string of the molecule is COCCCc1cc2oc(=N)c3ccc(F)cc3n2n1. The van der Waals surface area contributed by atoms with Gasteiger partial charge in [-0.05, 0) is 25.0 Å². The Morgan fingerprint density at radius 3 is 3.05 bits per heavy atom. The number of benzene rings is 1. The van der Waals surface area contributed by atoms with Gasteiger partial charge in [0.1, 0.15) is 5.82 Å². The third-order valence-electron chi connectivity index (χ3n) is 3.15. The lowest BCUT2D eigenvalue weighted by Crippen LogP contribution is -2.04. The first-order chi connectivity index (χ1) is 9.69. The zero-order valence-electron chi connectivity index (χ0n) is 11.0. The molecule has 2 aromatic heterocycles. The van der Waals surface area contributed by atoms with E-state index < -0.39 is 0 Å². The fraction of sp³-hybridized carbons (Fsp3) is 0.286. The highest BCUT2D eigenvalue weighted by atomic mass is 19.1. The molecule has 1 aromatic carbocycles. The zero-order valence-corrected chi connectivity index (χ0v) is 11.0. The van der Waals surface area contributed by atoms with Crippen LogP contribution < -0.4 is 5.55 Å². The summed E-state index contributed by atoms with van der Waals surface area (Å²) in [5.74, 6) is -0.360. The average Bonchev–Trinajstić information content (AvgIpc) is 2.82. The monoisotopic (exact) mass is 275 g/mol. The number of methoxy groups -OCH3 is 1. The molecule has 0 bridgehead atoms. The number of hydrogen-bond donors (Lipinski definition) is 1. The number of fused-ring (bicyclic) bond motifs is 3. The number of nitrogens with zero attached hydrogens (tertiary/aromatic N) is 2. The summed E-state index contributed by atoms with van der Waals surface area (Å²) in [6.45, 7) is 0.657. The van der Waals surface area contributed by atoms with Crippen LogP contribution in [0.3, 0.4) is 0 Å². The first kappa shape index (κ1) is 12.8. The van der Waals surface area contributed by atoms with Crippen molar-refractivity contribution in [1.82, 2.24) is 9.61 Å². The van der Waals surface area contributed by atoms with Crippen molar-refractivity contribution >= 4 is 16.6 Å². The van der Waals surface area contributed by atoms with Gasteiger partial charge in [0.2, 0.25) is 11.3 Å². The predicted molar refractivity (Wildman–Crippen MR) is 71.0 cm³/mol. The highest BCUT2D eigenvalue weighted by molar-refractivity contribution is 5.78. The molecule has 0 saturated carbocycles. The van der Waals surface area contributed by atoms with Crippen LogP contribution in [0.4, 0.5) is 4.39 Å². The molecule has 0 aliphatic rings. The van der Waals surface area contributed by atoms with E-state index in [0.29, 0.717) is 23.2 Å². The summed E-state index contributed by atoms with van der Waals surface area (Å²) in [6, 6.07) is 5.98. The normalized spacial score (nSPS) is 11.5. The van der Waals surface area contributed by atoms with Gasteiger partial charge in [0, 0.05) is 25.8 Å². The third kappa shape index (κ3) is 2.18. The van der Waals surface area contributed by atoms with Crippen LogP contribution in [0.15, 0.2) is 28.7 Å². The van der Waals surface area contributed by atoms with Crippen molar-refractivity contribution in [3.8, 4) is 0 Å². The zero-order chi connectivity index (χ0) is 14.1. The van der Waals surface area contributed by atoms with Gasteiger partial charge >= 0.3 is 0 Å². The van der Waals surface area contributed by atoms with Gasteiger partial charge in [-0.3, -0.25) is 5.41 Å². The second-order valence-corrected chi connectivity index (χ2v) is 4.57. The van der Waals surface area contributed by atoms with Gasteiger partial charge in [-0.1, -0.05) is 0 Å². The number of aryl methyl sites for hydroxylation is 1. The van der Waals surface area contributed by atoms with Crippen molar-refractivity contribution < 1.29 is 13.5 Å². The van der Waals surface area contributed by atoms with Crippen molar-refractivity contribution in [2.75, 3.05) is 13.7 Å². The van der Waals surface area contributed by atoms with E-state index in [1.165, 1.54) is 18.2 Å². The summed E-state index contributed by atoms with van der Waals surface area (Å²) in [4.78, 5) is 0. The maximum absolute atomic E-state index is 13.4. The van der Waals surface area contributed by atoms with Gasteiger partial charge in [-0.2, -0.15) is 9.61 Å². The first-order valence-corrected chi connectivity index (χ1v) is 6.33. The number of ether oxygens (including phenoxy) is 1. The van der Waals surface area contributed by atoms with Gasteiger partial charge in [-0.15, -0.1) is 0 Å². The molecule has 0 saturated heterocycles. The molecule has 2 heterocycles. The predicted octanol–water partition coefficient (Wildman–Crippen LogP) is 2.28. The molecule has 0 aliphatic carbocycles. The molecule has 1 N–H and O–H groups in total. The van der Waals surface area contributed by atoms with Crippen molar-refractivity contribution in [1.29, 1.82) is 5.41 Å². The summed E-state index contributed by atoms with van der Waals surface area (Å²) in [6.07, 6.45) is 1.59. The van der Waals surface area contributed by atoms with Crippen molar-refractivity contribution in [2.45, 2.75) is 12.8 Å². The second-order valence-electron chi connectivity index (χ2n) is 4.57. The number of rotatable bonds is 4. The minimum atomic E-state index is -0.360. The van der Waals surface area contributed by atoms with E-state index in [-0.39, 0.29) is 11.4 Å². The summed E-state index contributed by atoms with van der Waals surface area (Å²) in [5.41, 5.74) is 1.83. The average molecular weight is 275 g/mol. The standard InChI is InChI=1S/C14H14FN3O2/c1-19-6-2-3-10-8-13-18(17-10)12-7-9(15)4-5-11(12)14(16)20-13/h4-5,7-8,16H,2-3,6H2,1H3. The van der Waals surface area contributed by atoms with Crippen molar-refractivity contribution in [2.24, 2.45) is 0 Å². The molecule has 0 atom stereocenters. The molecule has 5 nitrogen and oxygen atoms in total. The number of hydrogen-bond acceptors (Lipinski definition) is 4. The highest BCUT2D eigenvalue weighted by Crippen LogP contribution is 2.16. The molecule has 104 valence electrons. The molecule has 3 rings (SSSR count). The quantitative estimate of drug-likeness (QED) is 0.743. The fourth-order valence-electron chi connectivity index (χ4n) is 2.21.